The second-order valence-electron chi connectivity index (χ2n) is 5.52. The van der Waals surface area contributed by atoms with E-state index in [4.69, 9.17) is 0 Å². The Bertz CT molecular complexity index is 876. The van der Waals surface area contributed by atoms with Crippen LogP contribution >= 0.6 is 0 Å². The summed E-state index contributed by atoms with van der Waals surface area (Å²) < 4.78 is 26.7. The van der Waals surface area contributed by atoms with Gasteiger partial charge in [-0.1, -0.05) is 18.2 Å². The molecule has 1 unspecified atom stereocenters. The molecular weight excluding hydrogens is 314 g/mol. The van der Waals surface area contributed by atoms with Crippen molar-refractivity contribution < 1.29 is 18.7 Å². The Hall–Kier alpha value is -2.73. The zero-order valence-corrected chi connectivity index (χ0v) is 12.7. The van der Waals surface area contributed by atoms with E-state index in [0.717, 1.165) is 10.9 Å². The Labute approximate surface area is 137 Å². The van der Waals surface area contributed by atoms with Crippen LogP contribution in [0.4, 0.5) is 8.78 Å². The molecule has 3 aromatic rings. The molecule has 0 saturated carbocycles. The third kappa shape index (κ3) is 3.44. The average Bonchev–Trinajstić information content (AvgIpc) is 2.95. The molecule has 1 atom stereocenters. The van der Waals surface area contributed by atoms with Gasteiger partial charge in [-0.25, -0.2) is 8.78 Å². The minimum Gasteiger partial charge on any atom is -0.386 e. The lowest BCUT2D eigenvalue weighted by Crippen LogP contribution is -2.29. The number of aliphatic hydroxyl groups excluding tert-OH is 1. The van der Waals surface area contributed by atoms with E-state index in [0.29, 0.717) is 5.52 Å². The van der Waals surface area contributed by atoms with Crippen molar-refractivity contribution >= 4 is 16.8 Å². The van der Waals surface area contributed by atoms with Crippen LogP contribution in [0.25, 0.3) is 10.9 Å². The Morgan fingerprint density at radius 1 is 1.21 bits per heavy atom. The van der Waals surface area contributed by atoms with Crippen molar-refractivity contribution in [3.8, 4) is 0 Å². The average molecular weight is 330 g/mol. The van der Waals surface area contributed by atoms with Gasteiger partial charge in [0.15, 0.2) is 0 Å². The van der Waals surface area contributed by atoms with Crippen molar-refractivity contribution in [2.75, 3.05) is 6.54 Å². The standard InChI is InChI=1S/C18H16F2N2O2/c19-12-5-6-13-11(9-21-16(13)8-12)7-18(24)22-10-17(23)14-3-1-2-4-15(14)20/h1-6,8-9,17,21,23H,7,10H2,(H,22,24). The van der Waals surface area contributed by atoms with Crippen LogP contribution in [0.15, 0.2) is 48.7 Å². The number of rotatable bonds is 5. The van der Waals surface area contributed by atoms with Gasteiger partial charge in [0.05, 0.1) is 12.5 Å². The van der Waals surface area contributed by atoms with E-state index in [1.54, 1.807) is 18.3 Å². The van der Waals surface area contributed by atoms with Gasteiger partial charge < -0.3 is 15.4 Å². The maximum atomic E-state index is 13.6. The molecule has 2 aromatic carbocycles. The number of hydrogen-bond acceptors (Lipinski definition) is 2. The zero-order valence-electron chi connectivity index (χ0n) is 12.7. The first kappa shape index (κ1) is 16.1. The quantitative estimate of drug-likeness (QED) is 0.673. The molecule has 0 bridgehead atoms. The second kappa shape index (κ2) is 6.80. The molecule has 124 valence electrons. The molecule has 1 amide bonds. The van der Waals surface area contributed by atoms with E-state index in [9.17, 15) is 18.7 Å². The van der Waals surface area contributed by atoms with Crippen LogP contribution in [0.1, 0.15) is 17.2 Å². The Kier molecular flexibility index (Phi) is 4.57. The third-order valence-electron chi connectivity index (χ3n) is 3.84. The fourth-order valence-electron chi connectivity index (χ4n) is 2.61. The molecule has 0 aliphatic heterocycles. The molecular formula is C18H16F2N2O2. The highest BCUT2D eigenvalue weighted by molar-refractivity contribution is 5.88. The molecule has 3 N–H and O–H groups in total. The van der Waals surface area contributed by atoms with E-state index in [2.05, 4.69) is 10.3 Å². The van der Waals surface area contributed by atoms with Gasteiger partial charge in [0.1, 0.15) is 11.6 Å². The maximum Gasteiger partial charge on any atom is 0.224 e. The zero-order chi connectivity index (χ0) is 17.1. The molecule has 1 heterocycles. The minimum absolute atomic E-state index is 0.0790. The molecule has 0 fully saturated rings. The SMILES string of the molecule is O=C(Cc1c[nH]c2cc(F)ccc12)NCC(O)c1ccccc1F. The molecule has 0 radical (unpaired) electrons. The van der Waals surface area contributed by atoms with E-state index < -0.39 is 11.9 Å². The molecule has 24 heavy (non-hydrogen) atoms. The van der Waals surface area contributed by atoms with Crippen LogP contribution in [0.2, 0.25) is 0 Å². The van der Waals surface area contributed by atoms with E-state index in [1.165, 1.54) is 30.3 Å². The topological polar surface area (TPSA) is 65.1 Å². The van der Waals surface area contributed by atoms with Crippen molar-refractivity contribution in [2.45, 2.75) is 12.5 Å². The molecule has 1 aromatic heterocycles. The van der Waals surface area contributed by atoms with Gasteiger partial charge in [-0.15, -0.1) is 0 Å². The van der Waals surface area contributed by atoms with Crippen LogP contribution in [0.5, 0.6) is 0 Å². The number of carbonyl (C=O) groups excluding carboxylic acids is 1. The van der Waals surface area contributed by atoms with Crippen LogP contribution in [0.3, 0.4) is 0 Å². The van der Waals surface area contributed by atoms with E-state index >= 15 is 0 Å². The molecule has 0 spiro atoms. The molecule has 0 aliphatic rings. The lowest BCUT2D eigenvalue weighted by molar-refractivity contribution is -0.120. The van der Waals surface area contributed by atoms with Crippen molar-refractivity contribution in [3.63, 3.8) is 0 Å². The Morgan fingerprint density at radius 3 is 2.79 bits per heavy atom. The van der Waals surface area contributed by atoms with Gasteiger partial charge in [-0.3, -0.25) is 4.79 Å². The first-order valence-electron chi connectivity index (χ1n) is 7.49. The first-order chi connectivity index (χ1) is 11.5. The number of nitrogens with one attached hydrogen (secondary N) is 2. The summed E-state index contributed by atoms with van der Waals surface area (Å²) in [5.74, 6) is -1.18. The number of aromatic nitrogens is 1. The highest BCUT2D eigenvalue weighted by Crippen LogP contribution is 2.20. The molecule has 4 nitrogen and oxygen atoms in total. The number of benzene rings is 2. The summed E-state index contributed by atoms with van der Waals surface area (Å²) in [6.07, 6.45) is 0.610. The molecule has 0 saturated heterocycles. The largest absolute Gasteiger partial charge is 0.386 e. The summed E-state index contributed by atoms with van der Waals surface area (Å²) in [6.45, 7) is -0.0866. The fourth-order valence-corrected chi connectivity index (χ4v) is 2.61. The number of carbonyl (C=O) groups is 1. The molecule has 3 rings (SSSR count). The van der Waals surface area contributed by atoms with Gasteiger partial charge in [-0.2, -0.15) is 0 Å². The number of fused-ring (bicyclic) bond motifs is 1. The molecule has 6 heteroatoms. The second-order valence-corrected chi connectivity index (χ2v) is 5.52. The van der Waals surface area contributed by atoms with E-state index in [1.807, 2.05) is 0 Å². The number of H-pyrrole nitrogens is 1. The van der Waals surface area contributed by atoms with Crippen LogP contribution < -0.4 is 5.32 Å². The summed E-state index contributed by atoms with van der Waals surface area (Å²) in [6, 6.07) is 10.2. The van der Waals surface area contributed by atoms with Gasteiger partial charge in [0.25, 0.3) is 0 Å². The van der Waals surface area contributed by atoms with Gasteiger partial charge >= 0.3 is 0 Å². The van der Waals surface area contributed by atoms with Crippen LogP contribution in [0, 0.1) is 11.6 Å². The Balaban J connectivity index is 1.62. The number of aromatic amines is 1. The molecule has 0 aliphatic carbocycles. The number of amides is 1. The first-order valence-corrected chi connectivity index (χ1v) is 7.49. The Morgan fingerprint density at radius 2 is 2.00 bits per heavy atom. The van der Waals surface area contributed by atoms with Crippen molar-refractivity contribution in [1.29, 1.82) is 0 Å². The highest BCUT2D eigenvalue weighted by Gasteiger charge is 2.14. The lowest BCUT2D eigenvalue weighted by Gasteiger charge is -2.13. The van der Waals surface area contributed by atoms with Crippen molar-refractivity contribution in [1.82, 2.24) is 10.3 Å². The van der Waals surface area contributed by atoms with E-state index in [-0.39, 0.29) is 30.3 Å². The monoisotopic (exact) mass is 330 g/mol. The fraction of sp³-hybridized carbons (Fsp3) is 0.167. The summed E-state index contributed by atoms with van der Waals surface area (Å²) in [4.78, 5) is 15.0. The summed E-state index contributed by atoms with van der Waals surface area (Å²) >= 11 is 0. The van der Waals surface area contributed by atoms with Crippen molar-refractivity contribution in [3.05, 3.63) is 71.4 Å². The maximum absolute atomic E-state index is 13.6. The minimum atomic E-state index is -1.12. The lowest BCUT2D eigenvalue weighted by atomic mass is 10.1. The predicted molar refractivity (Wildman–Crippen MR) is 86.3 cm³/mol. The number of halogens is 2. The van der Waals surface area contributed by atoms with Gasteiger partial charge in [-0.05, 0) is 29.8 Å². The number of hydrogen-bond donors (Lipinski definition) is 3. The van der Waals surface area contributed by atoms with Crippen LogP contribution in [-0.2, 0) is 11.2 Å². The highest BCUT2D eigenvalue weighted by atomic mass is 19.1. The van der Waals surface area contributed by atoms with Crippen molar-refractivity contribution in [2.24, 2.45) is 0 Å². The van der Waals surface area contributed by atoms with Crippen LogP contribution in [-0.4, -0.2) is 22.5 Å². The summed E-state index contributed by atoms with van der Waals surface area (Å²) in [7, 11) is 0. The third-order valence-corrected chi connectivity index (χ3v) is 3.84. The van der Waals surface area contributed by atoms with Gasteiger partial charge in [0, 0.05) is 29.2 Å². The smallest absolute Gasteiger partial charge is 0.224 e. The summed E-state index contributed by atoms with van der Waals surface area (Å²) in [5, 5.41) is 13.3. The summed E-state index contributed by atoms with van der Waals surface area (Å²) in [5.41, 5.74) is 1.48. The number of aliphatic hydroxyl groups is 1. The predicted octanol–water partition coefficient (Wildman–Crippen LogP) is 2.84. The normalized spacial score (nSPS) is 12.3. The van der Waals surface area contributed by atoms with Gasteiger partial charge in [0.2, 0.25) is 5.91 Å².